The Labute approximate surface area is 198 Å². The van der Waals surface area contributed by atoms with Crippen LogP contribution in [0.5, 0.6) is 5.75 Å². The van der Waals surface area contributed by atoms with Gasteiger partial charge in [-0.3, -0.25) is 4.79 Å². The van der Waals surface area contributed by atoms with E-state index in [4.69, 9.17) is 4.74 Å². The summed E-state index contributed by atoms with van der Waals surface area (Å²) in [5.41, 5.74) is 5.86. The Morgan fingerprint density at radius 3 is 2.03 bits per heavy atom. The van der Waals surface area contributed by atoms with Gasteiger partial charge in [0.25, 0.3) is 0 Å². The SMILES string of the molecule is CCCC(CC)(Pc1ccc(C)cc1C=O)c1cc(C(C)(C)C)cc(C(C)(C)C)c1OC. The standard InChI is InChI=1S/C29H43O2P/c1-11-15-29(12-2,32-25-14-13-20(3)16-21(25)19-30)24-18-22(27(4,5)6)17-23(26(24)31-10)28(7,8)9/h13-14,16-19,32H,11-12,15H2,1-10H3. The fourth-order valence-corrected chi connectivity index (χ4v) is 6.32. The van der Waals surface area contributed by atoms with Gasteiger partial charge in [0.1, 0.15) is 5.75 Å². The van der Waals surface area contributed by atoms with E-state index in [1.54, 1.807) is 0 Å². The van der Waals surface area contributed by atoms with Crippen molar-refractivity contribution in [3.05, 3.63) is 58.1 Å². The molecule has 176 valence electrons. The first-order valence-electron chi connectivity index (χ1n) is 11.9. The lowest BCUT2D eigenvalue weighted by Crippen LogP contribution is -2.27. The molecule has 3 heteroatoms. The third-order valence-electron chi connectivity index (χ3n) is 6.47. The second-order valence-electron chi connectivity index (χ2n) is 11.1. The normalized spacial score (nSPS) is 14.6. The van der Waals surface area contributed by atoms with Crippen LogP contribution >= 0.6 is 8.58 Å². The van der Waals surface area contributed by atoms with Crippen LogP contribution in [0.3, 0.4) is 0 Å². The van der Waals surface area contributed by atoms with Gasteiger partial charge in [0.15, 0.2) is 6.29 Å². The number of carbonyl (C=O) groups is 1. The third-order valence-corrected chi connectivity index (χ3v) is 8.55. The minimum Gasteiger partial charge on any atom is -0.496 e. The molecule has 0 radical (unpaired) electrons. The van der Waals surface area contributed by atoms with E-state index >= 15 is 0 Å². The zero-order chi connectivity index (χ0) is 24.3. The van der Waals surface area contributed by atoms with E-state index in [-0.39, 0.29) is 16.0 Å². The quantitative estimate of drug-likeness (QED) is 0.300. The van der Waals surface area contributed by atoms with Gasteiger partial charge in [-0.25, -0.2) is 0 Å². The highest BCUT2D eigenvalue weighted by molar-refractivity contribution is 7.48. The Balaban J connectivity index is 2.89. The summed E-state index contributed by atoms with van der Waals surface area (Å²) in [4.78, 5) is 11.9. The van der Waals surface area contributed by atoms with Crippen LogP contribution in [0.1, 0.15) is 107 Å². The summed E-state index contributed by atoms with van der Waals surface area (Å²) in [7, 11) is 2.31. The Morgan fingerprint density at radius 2 is 1.56 bits per heavy atom. The average molecular weight is 455 g/mol. The topological polar surface area (TPSA) is 26.3 Å². The predicted molar refractivity (Wildman–Crippen MR) is 142 cm³/mol. The molecule has 0 aliphatic heterocycles. The van der Waals surface area contributed by atoms with Crippen LogP contribution in [0.2, 0.25) is 0 Å². The van der Waals surface area contributed by atoms with E-state index in [1.807, 2.05) is 20.1 Å². The second-order valence-corrected chi connectivity index (χ2v) is 12.9. The maximum Gasteiger partial charge on any atom is 0.150 e. The van der Waals surface area contributed by atoms with Crippen molar-refractivity contribution < 1.29 is 9.53 Å². The number of hydrogen-bond acceptors (Lipinski definition) is 2. The van der Waals surface area contributed by atoms with Gasteiger partial charge < -0.3 is 4.74 Å². The van der Waals surface area contributed by atoms with Crippen LogP contribution in [0.4, 0.5) is 0 Å². The molecule has 0 saturated carbocycles. The maximum absolute atomic E-state index is 11.9. The molecular weight excluding hydrogens is 411 g/mol. The van der Waals surface area contributed by atoms with Gasteiger partial charge in [-0.2, -0.15) is 0 Å². The van der Waals surface area contributed by atoms with Crippen molar-refractivity contribution in [1.29, 1.82) is 0 Å². The molecule has 0 heterocycles. The first-order valence-corrected chi connectivity index (χ1v) is 12.9. The summed E-state index contributed by atoms with van der Waals surface area (Å²) in [6.07, 6.45) is 4.16. The zero-order valence-electron chi connectivity index (χ0n) is 21.9. The molecule has 0 amide bonds. The highest BCUT2D eigenvalue weighted by Gasteiger charge is 2.37. The van der Waals surface area contributed by atoms with E-state index in [0.29, 0.717) is 8.58 Å². The molecule has 0 aliphatic rings. The van der Waals surface area contributed by atoms with Gasteiger partial charge >= 0.3 is 0 Å². The largest absolute Gasteiger partial charge is 0.496 e. The molecule has 0 bridgehead atoms. The van der Waals surface area contributed by atoms with Crippen molar-refractivity contribution >= 4 is 20.2 Å². The fourth-order valence-electron chi connectivity index (χ4n) is 4.49. The van der Waals surface area contributed by atoms with Crippen molar-refractivity contribution in [2.45, 2.75) is 97.6 Å². The summed E-state index contributed by atoms with van der Waals surface area (Å²) in [6.45, 7) is 20.2. The molecule has 32 heavy (non-hydrogen) atoms. The minimum atomic E-state index is -0.0750. The van der Waals surface area contributed by atoms with Gasteiger partial charge in [-0.05, 0) is 47.5 Å². The number of aldehydes is 1. The highest BCUT2D eigenvalue weighted by atomic mass is 31.1. The lowest BCUT2D eigenvalue weighted by atomic mass is 9.76. The minimum absolute atomic E-state index is 0.0338. The Kier molecular flexibility index (Phi) is 8.38. The second kappa shape index (κ2) is 10.1. The molecule has 2 rings (SSSR count). The van der Waals surface area contributed by atoms with Crippen LogP contribution in [0.15, 0.2) is 30.3 Å². The molecule has 0 aliphatic carbocycles. The summed E-state index contributed by atoms with van der Waals surface area (Å²) >= 11 is 0. The van der Waals surface area contributed by atoms with Crippen molar-refractivity contribution in [3.63, 3.8) is 0 Å². The van der Waals surface area contributed by atoms with Crippen LogP contribution in [0, 0.1) is 6.92 Å². The first kappa shape index (κ1) is 26.6. The van der Waals surface area contributed by atoms with Crippen LogP contribution < -0.4 is 10.0 Å². The van der Waals surface area contributed by atoms with E-state index in [9.17, 15) is 4.79 Å². The number of benzene rings is 2. The highest BCUT2D eigenvalue weighted by Crippen LogP contribution is 2.53. The van der Waals surface area contributed by atoms with Gasteiger partial charge in [0.05, 0.1) is 7.11 Å². The smallest absolute Gasteiger partial charge is 0.150 e. The fraction of sp³-hybridized carbons (Fsp3) is 0.552. The lowest BCUT2D eigenvalue weighted by molar-refractivity contribution is 0.112. The molecule has 2 atom stereocenters. The van der Waals surface area contributed by atoms with Crippen LogP contribution in [0.25, 0.3) is 0 Å². The number of rotatable bonds is 8. The third kappa shape index (κ3) is 5.63. The van der Waals surface area contributed by atoms with E-state index in [1.165, 1.54) is 16.7 Å². The predicted octanol–water partition coefficient (Wildman–Crippen LogP) is 7.82. The number of carbonyl (C=O) groups excluding carboxylic acids is 1. The van der Waals surface area contributed by atoms with Gasteiger partial charge in [-0.15, -0.1) is 0 Å². The average Bonchev–Trinajstić information content (AvgIpc) is 2.72. The van der Waals surface area contributed by atoms with E-state index in [2.05, 4.69) is 79.7 Å². The van der Waals surface area contributed by atoms with Crippen molar-refractivity contribution in [2.24, 2.45) is 0 Å². The maximum atomic E-state index is 11.9. The molecule has 2 nitrogen and oxygen atoms in total. The molecule has 0 saturated heterocycles. The summed E-state index contributed by atoms with van der Waals surface area (Å²) < 4.78 is 6.17. The summed E-state index contributed by atoms with van der Waals surface area (Å²) in [5.74, 6) is 1.02. The number of aryl methyl sites for hydroxylation is 1. The van der Waals surface area contributed by atoms with Gasteiger partial charge in [-0.1, -0.05) is 100 Å². The molecule has 0 aromatic heterocycles. The summed E-state index contributed by atoms with van der Waals surface area (Å²) in [6, 6.07) is 11.0. The number of methoxy groups -OCH3 is 1. The Hall–Kier alpha value is -1.66. The Bertz CT molecular complexity index is 947. The molecule has 2 unspecified atom stereocenters. The van der Waals surface area contributed by atoms with E-state index < -0.39 is 0 Å². The van der Waals surface area contributed by atoms with Gasteiger partial charge in [0, 0.05) is 21.8 Å². The van der Waals surface area contributed by atoms with Crippen molar-refractivity contribution in [3.8, 4) is 5.75 Å². The number of hydrogen-bond donors (Lipinski definition) is 0. The summed E-state index contributed by atoms with van der Waals surface area (Å²) in [5, 5.41) is 1.08. The van der Waals surface area contributed by atoms with Crippen molar-refractivity contribution in [1.82, 2.24) is 0 Å². The molecule has 2 aromatic carbocycles. The molecule has 0 N–H and O–H groups in total. The number of ether oxygens (including phenoxy) is 1. The van der Waals surface area contributed by atoms with Crippen LogP contribution in [-0.2, 0) is 16.0 Å². The van der Waals surface area contributed by atoms with Crippen molar-refractivity contribution in [2.75, 3.05) is 7.11 Å². The first-order chi connectivity index (χ1) is 14.8. The molecule has 2 aromatic rings. The zero-order valence-corrected chi connectivity index (χ0v) is 22.9. The van der Waals surface area contributed by atoms with E-state index in [0.717, 1.165) is 47.7 Å². The van der Waals surface area contributed by atoms with Crippen LogP contribution in [-0.4, -0.2) is 13.4 Å². The lowest BCUT2D eigenvalue weighted by Gasteiger charge is -2.38. The molecular formula is C29H43O2P. The monoisotopic (exact) mass is 454 g/mol. The Morgan fingerprint density at radius 1 is 0.938 bits per heavy atom. The molecule has 0 fully saturated rings. The molecule has 0 spiro atoms. The van der Waals surface area contributed by atoms with Gasteiger partial charge in [0.2, 0.25) is 0 Å².